The van der Waals surface area contributed by atoms with Gasteiger partial charge in [0.2, 0.25) is 0 Å². The molecule has 1 aromatic heterocycles. The van der Waals surface area contributed by atoms with Gasteiger partial charge in [0.15, 0.2) is 0 Å². The predicted molar refractivity (Wildman–Crippen MR) is 68.7 cm³/mol. The van der Waals surface area contributed by atoms with E-state index in [0.717, 1.165) is 30.1 Å². The van der Waals surface area contributed by atoms with Crippen LogP contribution in [0.3, 0.4) is 0 Å². The molecular weight excluding hydrogens is 254 g/mol. The maximum Gasteiger partial charge on any atom is 0.267 e. The fourth-order valence-electron chi connectivity index (χ4n) is 1.59. The fourth-order valence-corrected chi connectivity index (χ4v) is 2.29. The summed E-state index contributed by atoms with van der Waals surface area (Å²) in [6.45, 7) is 2.47. The highest BCUT2D eigenvalue weighted by Crippen LogP contribution is 2.15. The van der Waals surface area contributed by atoms with Gasteiger partial charge in [0.25, 0.3) is 5.91 Å². The van der Waals surface area contributed by atoms with Crippen molar-refractivity contribution >= 4 is 17.4 Å². The molecule has 0 saturated carbocycles. The van der Waals surface area contributed by atoms with E-state index < -0.39 is 6.10 Å². The van der Waals surface area contributed by atoms with Crippen molar-refractivity contribution in [3.8, 4) is 0 Å². The van der Waals surface area contributed by atoms with E-state index in [1.54, 1.807) is 7.05 Å². The molecule has 7 heteroatoms. The first-order chi connectivity index (χ1) is 8.60. The van der Waals surface area contributed by atoms with Crippen molar-refractivity contribution in [3.63, 3.8) is 0 Å². The van der Waals surface area contributed by atoms with Gasteiger partial charge < -0.3 is 14.7 Å². The average molecular weight is 273 g/mol. The number of aliphatic hydroxyl groups excluding tert-OH is 1. The van der Waals surface area contributed by atoms with Crippen molar-refractivity contribution < 1.29 is 14.6 Å². The molecule has 0 fully saturated rings. The first-order valence-electron chi connectivity index (χ1n) is 5.83. The van der Waals surface area contributed by atoms with E-state index in [2.05, 4.69) is 9.59 Å². The summed E-state index contributed by atoms with van der Waals surface area (Å²) in [7, 11) is 3.16. The average Bonchev–Trinajstić information content (AvgIpc) is 2.77. The highest BCUT2D eigenvalue weighted by atomic mass is 32.1. The number of likely N-dealkylation sites (N-methyl/N-ethyl adjacent to an activating group) is 1. The number of rotatable bonds is 7. The molecule has 0 bridgehead atoms. The summed E-state index contributed by atoms with van der Waals surface area (Å²) in [5.41, 5.74) is 0.737. The zero-order valence-corrected chi connectivity index (χ0v) is 11.7. The van der Waals surface area contributed by atoms with Crippen molar-refractivity contribution in [1.29, 1.82) is 0 Å². The number of aromatic nitrogens is 2. The SMILES string of the molecule is CCCc1nnsc1C(=O)N(C)CC(O)COC. The number of nitrogens with zero attached hydrogens (tertiary/aromatic N) is 3. The highest BCUT2D eigenvalue weighted by Gasteiger charge is 2.21. The number of carbonyl (C=O) groups excluding carboxylic acids is 1. The van der Waals surface area contributed by atoms with Gasteiger partial charge in [-0.05, 0) is 18.0 Å². The van der Waals surface area contributed by atoms with Crippen molar-refractivity contribution in [3.05, 3.63) is 10.6 Å². The van der Waals surface area contributed by atoms with Crippen molar-refractivity contribution in [2.24, 2.45) is 0 Å². The Bertz CT molecular complexity index is 383. The highest BCUT2D eigenvalue weighted by molar-refractivity contribution is 7.07. The molecule has 0 saturated heterocycles. The molecule has 0 aromatic carbocycles. The smallest absolute Gasteiger partial charge is 0.267 e. The van der Waals surface area contributed by atoms with Crippen LogP contribution >= 0.6 is 11.5 Å². The van der Waals surface area contributed by atoms with Crippen LogP contribution in [0.2, 0.25) is 0 Å². The molecule has 1 amide bonds. The zero-order valence-electron chi connectivity index (χ0n) is 10.9. The third-order valence-corrected chi connectivity index (χ3v) is 3.18. The zero-order chi connectivity index (χ0) is 13.5. The topological polar surface area (TPSA) is 75.6 Å². The molecule has 0 radical (unpaired) electrons. The molecule has 1 rings (SSSR count). The van der Waals surface area contributed by atoms with E-state index in [1.165, 1.54) is 12.0 Å². The van der Waals surface area contributed by atoms with Crippen LogP contribution in [0.1, 0.15) is 28.7 Å². The van der Waals surface area contributed by atoms with E-state index in [0.29, 0.717) is 4.88 Å². The fraction of sp³-hybridized carbons (Fsp3) is 0.727. The summed E-state index contributed by atoms with van der Waals surface area (Å²) in [4.78, 5) is 14.2. The van der Waals surface area contributed by atoms with E-state index in [1.807, 2.05) is 6.92 Å². The van der Waals surface area contributed by atoms with Crippen LogP contribution < -0.4 is 0 Å². The van der Waals surface area contributed by atoms with E-state index in [9.17, 15) is 9.90 Å². The normalized spacial score (nSPS) is 12.4. The number of carbonyl (C=O) groups is 1. The first kappa shape index (κ1) is 15.0. The first-order valence-corrected chi connectivity index (χ1v) is 6.61. The molecule has 1 aromatic rings. The van der Waals surface area contributed by atoms with Gasteiger partial charge >= 0.3 is 0 Å². The molecule has 102 valence electrons. The van der Waals surface area contributed by atoms with Gasteiger partial charge in [-0.1, -0.05) is 17.8 Å². The van der Waals surface area contributed by atoms with Gasteiger partial charge in [0, 0.05) is 20.7 Å². The Balaban J connectivity index is 2.65. The monoisotopic (exact) mass is 273 g/mol. The Morgan fingerprint density at radius 3 is 2.94 bits per heavy atom. The lowest BCUT2D eigenvalue weighted by molar-refractivity contribution is 0.0381. The van der Waals surface area contributed by atoms with E-state index in [-0.39, 0.29) is 19.1 Å². The summed E-state index contributed by atoms with van der Waals surface area (Å²) in [6.07, 6.45) is 0.979. The Labute approximate surface area is 111 Å². The van der Waals surface area contributed by atoms with Gasteiger partial charge in [0.05, 0.1) is 18.4 Å². The maximum absolute atomic E-state index is 12.1. The lowest BCUT2D eigenvalue weighted by atomic mass is 10.2. The van der Waals surface area contributed by atoms with Crippen molar-refractivity contribution in [2.45, 2.75) is 25.9 Å². The van der Waals surface area contributed by atoms with Gasteiger partial charge in [-0.3, -0.25) is 4.79 Å². The number of methoxy groups -OCH3 is 1. The molecule has 1 atom stereocenters. The number of amides is 1. The number of aliphatic hydroxyl groups is 1. The molecule has 18 heavy (non-hydrogen) atoms. The summed E-state index contributed by atoms with van der Waals surface area (Å²) < 4.78 is 8.64. The lowest BCUT2D eigenvalue weighted by Gasteiger charge is -2.19. The largest absolute Gasteiger partial charge is 0.389 e. The van der Waals surface area contributed by atoms with Crippen molar-refractivity contribution in [1.82, 2.24) is 14.5 Å². The van der Waals surface area contributed by atoms with Gasteiger partial charge in [-0.2, -0.15) is 0 Å². The second kappa shape index (κ2) is 7.40. The number of hydrogen-bond donors (Lipinski definition) is 1. The standard InChI is InChI=1S/C11H19N3O3S/c1-4-5-9-10(18-13-12-9)11(16)14(2)6-8(15)7-17-3/h8,15H,4-7H2,1-3H3. The molecule has 1 unspecified atom stereocenters. The predicted octanol–water partition coefficient (Wildman–Crippen LogP) is 0.570. The molecule has 0 spiro atoms. The maximum atomic E-state index is 12.1. The minimum Gasteiger partial charge on any atom is -0.389 e. The quantitative estimate of drug-likeness (QED) is 0.786. The Kier molecular flexibility index (Phi) is 6.17. The van der Waals surface area contributed by atoms with E-state index >= 15 is 0 Å². The van der Waals surface area contributed by atoms with E-state index in [4.69, 9.17) is 4.74 Å². The van der Waals surface area contributed by atoms with Gasteiger partial charge in [0.1, 0.15) is 4.88 Å². The molecule has 0 aliphatic carbocycles. The van der Waals surface area contributed by atoms with Crippen LogP contribution in [-0.2, 0) is 11.2 Å². The Hall–Kier alpha value is -1.05. The van der Waals surface area contributed by atoms with Gasteiger partial charge in [-0.25, -0.2) is 0 Å². The van der Waals surface area contributed by atoms with Gasteiger partial charge in [-0.15, -0.1) is 5.10 Å². The second-order valence-corrected chi connectivity index (χ2v) is 4.85. The Morgan fingerprint density at radius 1 is 1.61 bits per heavy atom. The van der Waals surface area contributed by atoms with Crippen LogP contribution in [0.5, 0.6) is 0 Å². The molecule has 6 nitrogen and oxygen atoms in total. The number of hydrogen-bond acceptors (Lipinski definition) is 6. The van der Waals surface area contributed by atoms with Crippen LogP contribution in [0, 0.1) is 0 Å². The van der Waals surface area contributed by atoms with Crippen LogP contribution in [0.15, 0.2) is 0 Å². The minimum atomic E-state index is -0.681. The third kappa shape index (κ3) is 4.01. The molecule has 0 aliphatic rings. The number of aryl methyl sites for hydroxylation is 1. The summed E-state index contributed by atoms with van der Waals surface area (Å²) >= 11 is 1.10. The molecular formula is C11H19N3O3S. The molecule has 1 N–H and O–H groups in total. The Morgan fingerprint density at radius 2 is 2.33 bits per heavy atom. The molecule has 1 heterocycles. The minimum absolute atomic E-state index is 0.149. The second-order valence-electron chi connectivity index (χ2n) is 4.09. The third-order valence-electron chi connectivity index (χ3n) is 2.43. The molecule has 0 aliphatic heterocycles. The lowest BCUT2D eigenvalue weighted by Crippen LogP contribution is -2.36. The summed E-state index contributed by atoms with van der Waals surface area (Å²) in [5.74, 6) is -0.149. The van der Waals surface area contributed by atoms with Crippen LogP contribution in [0.25, 0.3) is 0 Å². The summed E-state index contributed by atoms with van der Waals surface area (Å²) in [6, 6.07) is 0. The van der Waals surface area contributed by atoms with Crippen LogP contribution in [0.4, 0.5) is 0 Å². The van der Waals surface area contributed by atoms with Crippen LogP contribution in [-0.4, -0.2) is 58.9 Å². The van der Waals surface area contributed by atoms with Crippen molar-refractivity contribution in [2.75, 3.05) is 27.3 Å². The number of ether oxygens (including phenoxy) is 1. The summed E-state index contributed by atoms with van der Waals surface area (Å²) in [5, 5.41) is 13.6.